The van der Waals surface area contributed by atoms with Crippen LogP contribution in [0.25, 0.3) is 43.8 Å². The third-order valence-corrected chi connectivity index (χ3v) is 12.6. The summed E-state index contributed by atoms with van der Waals surface area (Å²) in [4.78, 5) is 43.5. The van der Waals surface area contributed by atoms with Crippen LogP contribution >= 0.6 is 0 Å². The molecule has 0 aliphatic carbocycles. The summed E-state index contributed by atoms with van der Waals surface area (Å²) >= 11 is 0. The number of halogens is 3. The first kappa shape index (κ1) is 35.3. The molecule has 292 valence electrons. The number of rotatable bonds is 7. The van der Waals surface area contributed by atoms with Gasteiger partial charge in [-0.3, -0.25) is 20.0 Å². The van der Waals surface area contributed by atoms with Crippen LogP contribution in [0.2, 0.25) is 0 Å². The van der Waals surface area contributed by atoms with Crippen molar-refractivity contribution in [3.05, 3.63) is 47.8 Å². The quantitative estimate of drug-likeness (QED) is 0.193. The number of anilines is 1. The molecule has 5 aromatic rings. The summed E-state index contributed by atoms with van der Waals surface area (Å²) in [6.45, 7) is 4.21. The number of benzene rings is 2. The number of ether oxygens (including phenoxy) is 2. The molecule has 3 aromatic heterocycles. The number of aryl methyl sites for hydroxylation is 1. The Hall–Kier alpha value is -5.09. The molecule has 8 heterocycles. The Labute approximate surface area is 319 Å². The van der Waals surface area contributed by atoms with Crippen molar-refractivity contribution in [1.82, 2.24) is 40.3 Å². The predicted molar refractivity (Wildman–Crippen MR) is 201 cm³/mol. The van der Waals surface area contributed by atoms with Crippen molar-refractivity contribution in [2.45, 2.75) is 88.2 Å². The molecule has 3 amide bonds. The fraction of sp³-hybridized carbons (Fsp3) is 0.500. The molecule has 0 bridgehead atoms. The molecular formula is C40H42F3N9O4. The van der Waals surface area contributed by atoms with Crippen molar-refractivity contribution >= 4 is 50.3 Å². The van der Waals surface area contributed by atoms with E-state index in [0.717, 1.165) is 38.6 Å². The number of fused-ring (bicyclic) bond motifs is 4. The van der Waals surface area contributed by atoms with E-state index in [1.807, 2.05) is 22.6 Å². The Kier molecular flexibility index (Phi) is 8.36. The Morgan fingerprint density at radius 3 is 2.73 bits per heavy atom. The Morgan fingerprint density at radius 2 is 1.93 bits per heavy atom. The van der Waals surface area contributed by atoms with Crippen LogP contribution in [-0.2, 0) is 16.0 Å². The summed E-state index contributed by atoms with van der Waals surface area (Å²) in [6, 6.07) is 4.40. The Morgan fingerprint density at radius 1 is 1.05 bits per heavy atom. The lowest BCUT2D eigenvalue weighted by Gasteiger charge is -2.39. The van der Waals surface area contributed by atoms with E-state index < -0.39 is 40.8 Å². The van der Waals surface area contributed by atoms with Crippen LogP contribution in [0.4, 0.5) is 23.8 Å². The van der Waals surface area contributed by atoms with E-state index in [0.29, 0.717) is 78.2 Å². The van der Waals surface area contributed by atoms with Crippen molar-refractivity contribution in [3.63, 3.8) is 0 Å². The molecule has 5 aliphatic rings. The number of hydrogen-bond donors (Lipinski definition) is 2. The number of hydrogen-bond acceptors (Lipinski definition) is 10. The summed E-state index contributed by atoms with van der Waals surface area (Å²) in [5, 5.41) is 12.0. The zero-order valence-electron chi connectivity index (χ0n) is 31.0. The number of nitrogens with one attached hydrogen (secondary N) is 2. The van der Waals surface area contributed by atoms with Gasteiger partial charge in [0.05, 0.1) is 29.2 Å². The van der Waals surface area contributed by atoms with Crippen LogP contribution in [0.5, 0.6) is 6.01 Å². The zero-order valence-corrected chi connectivity index (χ0v) is 31.0. The van der Waals surface area contributed by atoms with Gasteiger partial charge >= 0.3 is 12.0 Å². The van der Waals surface area contributed by atoms with Gasteiger partial charge in [-0.25, -0.2) is 22.6 Å². The number of urea groups is 1. The minimum atomic E-state index is -1.19. The lowest BCUT2D eigenvalue weighted by molar-refractivity contribution is -0.124. The number of imide groups is 1. The third-order valence-electron chi connectivity index (χ3n) is 12.6. The van der Waals surface area contributed by atoms with Gasteiger partial charge in [0.15, 0.2) is 12.0 Å². The van der Waals surface area contributed by atoms with E-state index in [-0.39, 0.29) is 47.8 Å². The van der Waals surface area contributed by atoms with E-state index in [2.05, 4.69) is 20.5 Å². The van der Waals surface area contributed by atoms with Gasteiger partial charge in [0.2, 0.25) is 0 Å². The number of amides is 3. The van der Waals surface area contributed by atoms with Crippen LogP contribution in [0.1, 0.15) is 70.1 Å². The van der Waals surface area contributed by atoms with E-state index in [4.69, 9.17) is 24.5 Å². The van der Waals surface area contributed by atoms with Gasteiger partial charge < -0.3 is 19.7 Å². The molecule has 0 radical (unpaired) electrons. The Balaban J connectivity index is 1.16. The smallest absolute Gasteiger partial charge is 0.322 e. The highest BCUT2D eigenvalue weighted by Crippen LogP contribution is 2.44. The van der Waals surface area contributed by atoms with Crippen LogP contribution in [0.3, 0.4) is 0 Å². The van der Waals surface area contributed by atoms with E-state index >= 15 is 8.78 Å². The molecule has 16 heteroatoms. The van der Waals surface area contributed by atoms with Crippen molar-refractivity contribution in [2.75, 3.05) is 44.3 Å². The molecule has 4 atom stereocenters. The minimum Gasteiger partial charge on any atom is -0.461 e. The standard InChI is InChI=1S/C40H42F3N9O4/c1-2-24-27(42)9-8-22-15-28-25(18-45-52(28)29-7-3-4-14-55-29)31(30(22)24)34-32(43)33-26(17-44-34)35(50-12-6-11-40(20-50)36(53)48-37(54)49-40)47-38(46-33)56-21-39-10-5-13-51(39)19-23(41)16-39/h8-9,15,17-18,23,29H,2-7,10-14,16,19-21H2,1H3,(H2,48,49,53,54)/t23-,29?,39+,40-/m1/s1. The number of alkyl halides is 1. The summed E-state index contributed by atoms with van der Waals surface area (Å²) < 4.78 is 62.3. The van der Waals surface area contributed by atoms with Crippen LogP contribution in [0.15, 0.2) is 30.6 Å². The molecule has 0 saturated carbocycles. The fourth-order valence-electron chi connectivity index (χ4n) is 9.98. The molecule has 10 rings (SSSR count). The zero-order chi connectivity index (χ0) is 38.3. The number of aromatic nitrogens is 5. The highest BCUT2D eigenvalue weighted by Gasteiger charge is 2.51. The highest BCUT2D eigenvalue weighted by molar-refractivity contribution is 6.13. The van der Waals surface area contributed by atoms with Crippen molar-refractivity contribution in [3.8, 4) is 17.3 Å². The fourth-order valence-corrected chi connectivity index (χ4v) is 9.98. The molecule has 13 nitrogen and oxygen atoms in total. The molecule has 5 saturated heterocycles. The normalized spacial score (nSPS) is 26.8. The molecule has 56 heavy (non-hydrogen) atoms. The van der Waals surface area contributed by atoms with Gasteiger partial charge in [0, 0.05) is 43.3 Å². The first-order valence-electron chi connectivity index (χ1n) is 19.7. The second kappa shape index (κ2) is 13.3. The molecular weight excluding hydrogens is 727 g/mol. The van der Waals surface area contributed by atoms with Gasteiger partial charge in [-0.15, -0.1) is 0 Å². The van der Waals surface area contributed by atoms with E-state index in [1.54, 1.807) is 12.3 Å². The summed E-state index contributed by atoms with van der Waals surface area (Å²) in [5.41, 5.74) is -0.303. The number of carbonyl (C=O) groups excluding carboxylic acids is 2. The van der Waals surface area contributed by atoms with Gasteiger partial charge in [0.25, 0.3) is 5.91 Å². The lowest BCUT2D eigenvalue weighted by Crippen LogP contribution is -2.58. The van der Waals surface area contributed by atoms with Gasteiger partial charge in [-0.2, -0.15) is 15.1 Å². The van der Waals surface area contributed by atoms with Crippen molar-refractivity contribution in [1.29, 1.82) is 0 Å². The molecule has 5 aliphatic heterocycles. The maximum Gasteiger partial charge on any atom is 0.322 e. The number of carbonyl (C=O) groups is 2. The average Bonchev–Trinajstić information content (AvgIpc) is 3.94. The maximum absolute atomic E-state index is 17.7. The summed E-state index contributed by atoms with van der Waals surface area (Å²) in [6.07, 6.45) is 7.90. The number of piperidine rings is 1. The van der Waals surface area contributed by atoms with Gasteiger partial charge in [-0.1, -0.05) is 13.0 Å². The number of pyridine rings is 1. The first-order chi connectivity index (χ1) is 27.2. The summed E-state index contributed by atoms with van der Waals surface area (Å²) in [7, 11) is 0. The van der Waals surface area contributed by atoms with E-state index in [1.165, 1.54) is 12.3 Å². The second-order valence-corrected chi connectivity index (χ2v) is 16.0. The monoisotopic (exact) mass is 769 g/mol. The molecule has 1 spiro atoms. The van der Waals surface area contributed by atoms with E-state index in [9.17, 15) is 14.0 Å². The SMILES string of the molecule is CCc1c(F)ccc2cc3c(cnn3C3CCCCO3)c(-c3ncc4c(N5CCC[C@]6(C5)NC(=O)NC6=O)nc(OC[C@@]56CCCN5C[C@H](F)C6)nc4c3F)c12. The van der Waals surface area contributed by atoms with Gasteiger partial charge in [-0.05, 0) is 86.4 Å². The molecule has 1 unspecified atom stereocenters. The minimum absolute atomic E-state index is 0.0395. The lowest BCUT2D eigenvalue weighted by atomic mass is 9.89. The number of nitrogens with zero attached hydrogens (tertiary/aromatic N) is 7. The predicted octanol–water partition coefficient (Wildman–Crippen LogP) is 5.87. The highest BCUT2D eigenvalue weighted by atomic mass is 19.1. The molecule has 5 fully saturated rings. The van der Waals surface area contributed by atoms with Crippen molar-refractivity contribution < 1.29 is 32.2 Å². The molecule has 2 N–H and O–H groups in total. The van der Waals surface area contributed by atoms with Crippen LogP contribution < -0.4 is 20.3 Å². The second-order valence-electron chi connectivity index (χ2n) is 16.0. The summed E-state index contributed by atoms with van der Waals surface area (Å²) in [5.74, 6) is -1.32. The molecule has 2 aromatic carbocycles. The Bertz CT molecular complexity index is 2440. The maximum atomic E-state index is 17.7. The first-order valence-corrected chi connectivity index (χ1v) is 19.7. The topological polar surface area (TPSA) is 140 Å². The average molecular weight is 770 g/mol. The largest absolute Gasteiger partial charge is 0.461 e. The van der Waals surface area contributed by atoms with Crippen molar-refractivity contribution in [2.24, 2.45) is 0 Å². The van der Waals surface area contributed by atoms with Crippen LogP contribution in [-0.4, -0.2) is 98.2 Å². The van der Waals surface area contributed by atoms with Crippen LogP contribution in [0, 0.1) is 11.6 Å². The van der Waals surface area contributed by atoms with Gasteiger partial charge in [0.1, 0.15) is 41.2 Å². The third kappa shape index (κ3) is 5.50.